The number of thiazole rings is 1. The van der Waals surface area contributed by atoms with Crippen molar-refractivity contribution >= 4 is 29.4 Å². The van der Waals surface area contributed by atoms with Crippen LogP contribution in [0.25, 0.3) is 6.08 Å². The van der Waals surface area contributed by atoms with Crippen LogP contribution in [0, 0.1) is 5.82 Å². The number of hydrogen-bond acceptors (Lipinski definition) is 11. The van der Waals surface area contributed by atoms with E-state index >= 15 is 0 Å². The minimum absolute atomic E-state index is 0.0135. The fourth-order valence-corrected chi connectivity index (χ4v) is 6.85. The zero-order valence-electron chi connectivity index (χ0n) is 30.2. The summed E-state index contributed by atoms with van der Waals surface area (Å²) in [4.78, 5) is 44.7. The molecule has 0 N–H and O–H groups in total. The predicted molar refractivity (Wildman–Crippen MR) is 198 cm³/mol. The lowest BCUT2D eigenvalue weighted by Crippen LogP contribution is -2.40. The van der Waals surface area contributed by atoms with Crippen molar-refractivity contribution in [3.05, 3.63) is 126 Å². The van der Waals surface area contributed by atoms with Crippen LogP contribution in [0.4, 0.5) is 4.39 Å². The Balaban J connectivity index is 1.63. The number of ether oxygens (including phenoxy) is 6. The van der Waals surface area contributed by atoms with E-state index < -0.39 is 18.0 Å². The average Bonchev–Trinajstić information content (AvgIpc) is 3.44. The number of halogens is 1. The second kappa shape index (κ2) is 17.7. The number of hydrogen-bond donors (Lipinski definition) is 0. The fraction of sp³-hybridized carbons (Fsp3) is 0.300. The van der Waals surface area contributed by atoms with Crippen LogP contribution < -0.4 is 33.8 Å². The van der Waals surface area contributed by atoms with Crippen LogP contribution in [0.5, 0.6) is 23.0 Å². The Morgan fingerprint density at radius 3 is 2.40 bits per heavy atom. The number of carbonyl (C=O) groups excluding carboxylic acids is 2. The largest absolute Gasteiger partial charge is 0.490 e. The molecule has 0 saturated heterocycles. The van der Waals surface area contributed by atoms with E-state index in [4.69, 9.17) is 28.4 Å². The minimum Gasteiger partial charge on any atom is -0.490 e. The molecule has 0 bridgehead atoms. The molecular formula is C40H41FN2O9S. The molecule has 0 radical (unpaired) electrons. The van der Waals surface area contributed by atoms with Crippen molar-refractivity contribution in [1.29, 1.82) is 0 Å². The van der Waals surface area contributed by atoms with E-state index in [1.54, 1.807) is 75.4 Å². The van der Waals surface area contributed by atoms with Gasteiger partial charge in [-0.15, -0.1) is 6.58 Å². The van der Waals surface area contributed by atoms with Crippen LogP contribution >= 0.6 is 11.3 Å². The van der Waals surface area contributed by atoms with Gasteiger partial charge in [-0.1, -0.05) is 41.7 Å². The first-order chi connectivity index (χ1) is 25.6. The molecule has 4 aromatic rings. The van der Waals surface area contributed by atoms with Crippen molar-refractivity contribution < 1.29 is 42.4 Å². The van der Waals surface area contributed by atoms with E-state index in [1.165, 1.54) is 29.1 Å². The van der Waals surface area contributed by atoms with Crippen LogP contribution in [-0.2, 0) is 32.1 Å². The first-order valence-corrected chi connectivity index (χ1v) is 17.9. The highest BCUT2D eigenvalue weighted by atomic mass is 32.1. The molecule has 1 aliphatic heterocycles. The SMILES string of the molecule is C=CCc1cc(/C=c2\sc3n(c2=O)[C@@H](c2ccc(OCC(=O)OC)c(OCC)c2)C(C(=O)OCC)=C(C)N=3)cc(OCC)c1OCc1ccccc1F. The van der Waals surface area contributed by atoms with Crippen LogP contribution in [0.1, 0.15) is 56.0 Å². The number of nitrogens with zero attached hydrogens (tertiary/aromatic N) is 2. The Morgan fingerprint density at radius 1 is 0.943 bits per heavy atom. The lowest BCUT2D eigenvalue weighted by atomic mass is 9.95. The standard InChI is InChI=1S/C40H41FN2O9S/c1-7-13-27-18-25(19-32(49-9-3)37(27)52-22-28-14-11-12-15-29(28)41)20-33-38(45)43-36(35(39(46)50-10-4)24(5)42-40(43)53-33)26-16-17-30(31(21-26)48-8-2)51-23-34(44)47-6/h7,11-12,14-21,36H,1,8-10,13,22-23H2,2-6H3/b33-20-/t36-/m0/s1. The summed E-state index contributed by atoms with van der Waals surface area (Å²) >= 11 is 1.17. The Hall–Kier alpha value is -5.69. The van der Waals surface area contributed by atoms with Gasteiger partial charge in [0.1, 0.15) is 12.4 Å². The molecule has 5 rings (SSSR count). The van der Waals surface area contributed by atoms with Crippen LogP contribution in [0.15, 0.2) is 88.3 Å². The zero-order chi connectivity index (χ0) is 38.1. The van der Waals surface area contributed by atoms with E-state index in [1.807, 2.05) is 13.0 Å². The summed E-state index contributed by atoms with van der Waals surface area (Å²) in [6.45, 7) is 11.3. The summed E-state index contributed by atoms with van der Waals surface area (Å²) in [6.07, 6.45) is 3.87. The maximum absolute atomic E-state index is 14.4. The number of esters is 2. The Kier molecular flexibility index (Phi) is 12.9. The van der Waals surface area contributed by atoms with Gasteiger partial charge in [-0.2, -0.15) is 0 Å². The highest BCUT2D eigenvalue weighted by Gasteiger charge is 2.34. The Bertz CT molecular complexity index is 2220. The van der Waals surface area contributed by atoms with Gasteiger partial charge in [-0.05, 0) is 81.7 Å². The third-order valence-electron chi connectivity index (χ3n) is 8.12. The van der Waals surface area contributed by atoms with E-state index in [9.17, 15) is 18.8 Å². The molecule has 0 amide bonds. The smallest absolute Gasteiger partial charge is 0.343 e. The first kappa shape index (κ1) is 38.5. The molecule has 11 nitrogen and oxygen atoms in total. The highest BCUT2D eigenvalue weighted by molar-refractivity contribution is 7.07. The number of rotatable bonds is 16. The zero-order valence-corrected chi connectivity index (χ0v) is 31.0. The predicted octanol–water partition coefficient (Wildman–Crippen LogP) is 5.59. The monoisotopic (exact) mass is 744 g/mol. The molecule has 0 unspecified atom stereocenters. The highest BCUT2D eigenvalue weighted by Crippen LogP contribution is 2.37. The normalized spacial score (nSPS) is 13.8. The van der Waals surface area contributed by atoms with Gasteiger partial charge in [0.25, 0.3) is 5.56 Å². The molecule has 53 heavy (non-hydrogen) atoms. The van der Waals surface area contributed by atoms with Gasteiger partial charge in [0.2, 0.25) is 0 Å². The minimum atomic E-state index is -0.925. The lowest BCUT2D eigenvalue weighted by Gasteiger charge is -2.25. The van der Waals surface area contributed by atoms with Crippen LogP contribution in [0.3, 0.4) is 0 Å². The van der Waals surface area contributed by atoms with Gasteiger partial charge >= 0.3 is 11.9 Å². The van der Waals surface area contributed by atoms with Gasteiger partial charge in [0, 0.05) is 11.1 Å². The molecule has 0 saturated carbocycles. The average molecular weight is 745 g/mol. The van der Waals surface area contributed by atoms with Crippen molar-refractivity contribution in [3.8, 4) is 23.0 Å². The number of benzene rings is 3. The summed E-state index contributed by atoms with van der Waals surface area (Å²) in [6, 6.07) is 14.1. The number of aromatic nitrogens is 1. The van der Waals surface area contributed by atoms with E-state index in [0.717, 1.165) is 5.56 Å². The third kappa shape index (κ3) is 8.69. The maximum atomic E-state index is 14.4. The van der Waals surface area contributed by atoms with Gasteiger partial charge < -0.3 is 28.4 Å². The van der Waals surface area contributed by atoms with Crippen LogP contribution in [0.2, 0.25) is 0 Å². The Morgan fingerprint density at radius 2 is 1.70 bits per heavy atom. The quantitative estimate of drug-likeness (QED) is 0.107. The lowest BCUT2D eigenvalue weighted by molar-refractivity contribution is -0.143. The van der Waals surface area contributed by atoms with Crippen molar-refractivity contribution in [3.63, 3.8) is 0 Å². The number of methoxy groups -OCH3 is 1. The summed E-state index contributed by atoms with van der Waals surface area (Å²) in [5.41, 5.74) is 2.52. The molecule has 1 atom stereocenters. The molecule has 3 aromatic carbocycles. The van der Waals surface area contributed by atoms with Crippen LogP contribution in [-0.4, -0.2) is 50.0 Å². The molecule has 278 valence electrons. The second-order valence-corrected chi connectivity index (χ2v) is 12.6. The van der Waals surface area contributed by atoms with E-state index in [0.29, 0.717) is 62.0 Å². The molecule has 0 fully saturated rings. The van der Waals surface area contributed by atoms with E-state index in [-0.39, 0.29) is 49.1 Å². The molecule has 13 heteroatoms. The van der Waals surface area contributed by atoms with Gasteiger partial charge in [0.05, 0.1) is 48.8 Å². The first-order valence-electron chi connectivity index (χ1n) is 17.1. The molecule has 1 aliphatic rings. The molecule has 0 aliphatic carbocycles. The number of carbonyl (C=O) groups is 2. The Labute approximate surface area is 310 Å². The molecule has 0 spiro atoms. The number of fused-ring (bicyclic) bond motifs is 1. The molecular weight excluding hydrogens is 704 g/mol. The maximum Gasteiger partial charge on any atom is 0.343 e. The topological polar surface area (TPSA) is 124 Å². The van der Waals surface area contributed by atoms with Gasteiger partial charge in [-0.25, -0.2) is 19.0 Å². The second-order valence-electron chi connectivity index (χ2n) is 11.6. The van der Waals surface area contributed by atoms with Crippen molar-refractivity contribution in [1.82, 2.24) is 4.57 Å². The van der Waals surface area contributed by atoms with Crippen molar-refractivity contribution in [2.24, 2.45) is 4.99 Å². The third-order valence-corrected chi connectivity index (χ3v) is 9.10. The van der Waals surface area contributed by atoms with Crippen molar-refractivity contribution in [2.45, 2.75) is 46.8 Å². The summed E-state index contributed by atoms with van der Waals surface area (Å²) in [5, 5.41) is 0. The fourth-order valence-electron chi connectivity index (χ4n) is 5.80. The summed E-state index contributed by atoms with van der Waals surface area (Å²) in [5.74, 6) is -0.0804. The van der Waals surface area contributed by atoms with E-state index in [2.05, 4.69) is 11.6 Å². The van der Waals surface area contributed by atoms with Crippen molar-refractivity contribution in [2.75, 3.05) is 33.5 Å². The summed E-state index contributed by atoms with van der Waals surface area (Å²) in [7, 11) is 1.26. The summed E-state index contributed by atoms with van der Waals surface area (Å²) < 4.78 is 50.0. The van der Waals surface area contributed by atoms with Gasteiger partial charge in [0.15, 0.2) is 34.4 Å². The van der Waals surface area contributed by atoms with Gasteiger partial charge in [-0.3, -0.25) is 9.36 Å². The number of allylic oxidation sites excluding steroid dienone is 2. The molecule has 1 aromatic heterocycles. The molecule has 2 heterocycles.